The highest BCUT2D eigenvalue weighted by Crippen LogP contribution is 2.29. The molecule has 0 bridgehead atoms. The van der Waals surface area contributed by atoms with Gasteiger partial charge in [-0.15, -0.1) is 0 Å². The van der Waals surface area contributed by atoms with Crippen molar-refractivity contribution in [2.24, 2.45) is 0 Å². The van der Waals surface area contributed by atoms with E-state index < -0.39 is 0 Å². The van der Waals surface area contributed by atoms with Gasteiger partial charge < -0.3 is 5.11 Å². The zero-order valence-electron chi connectivity index (χ0n) is 7.82. The summed E-state index contributed by atoms with van der Waals surface area (Å²) >= 11 is 1.99. The van der Waals surface area contributed by atoms with Crippen molar-refractivity contribution in [2.45, 2.75) is 32.3 Å². The van der Waals surface area contributed by atoms with E-state index in [1.54, 1.807) is 0 Å². The third kappa shape index (κ3) is 1.67. The lowest BCUT2D eigenvalue weighted by Gasteiger charge is -2.19. The van der Waals surface area contributed by atoms with Crippen molar-refractivity contribution in [3.8, 4) is 0 Å². The number of aliphatic hydroxyl groups is 1. The summed E-state index contributed by atoms with van der Waals surface area (Å²) in [5.41, 5.74) is 2.80. The SMILES string of the molecule is OCc1c(F)c(I)cc2c1CCCC2. The molecule has 3 heteroatoms. The fraction of sp³-hybridized carbons (Fsp3) is 0.455. The Bertz CT molecular complexity index is 363. The first-order chi connectivity index (χ1) is 6.74. The molecule has 0 radical (unpaired) electrons. The van der Waals surface area contributed by atoms with Crippen LogP contribution in [0.2, 0.25) is 0 Å². The Hall–Kier alpha value is -0.160. The Morgan fingerprint density at radius 2 is 2.07 bits per heavy atom. The smallest absolute Gasteiger partial charge is 0.142 e. The highest BCUT2D eigenvalue weighted by molar-refractivity contribution is 14.1. The Kier molecular flexibility index (Phi) is 3.07. The van der Waals surface area contributed by atoms with E-state index >= 15 is 0 Å². The van der Waals surface area contributed by atoms with Crippen molar-refractivity contribution in [1.29, 1.82) is 0 Å². The van der Waals surface area contributed by atoms with Gasteiger partial charge >= 0.3 is 0 Å². The van der Waals surface area contributed by atoms with Crippen LogP contribution in [0.3, 0.4) is 0 Å². The Labute approximate surface area is 96.5 Å². The fourth-order valence-corrected chi connectivity index (χ4v) is 2.79. The highest BCUT2D eigenvalue weighted by Gasteiger charge is 2.18. The molecule has 76 valence electrons. The molecule has 2 rings (SSSR count). The summed E-state index contributed by atoms with van der Waals surface area (Å²) in [7, 11) is 0. The number of hydrogen-bond donors (Lipinski definition) is 1. The number of hydrogen-bond acceptors (Lipinski definition) is 1. The van der Waals surface area contributed by atoms with Gasteiger partial charge in [0.2, 0.25) is 0 Å². The van der Waals surface area contributed by atoms with E-state index in [0.29, 0.717) is 9.13 Å². The van der Waals surface area contributed by atoms with Crippen molar-refractivity contribution in [3.63, 3.8) is 0 Å². The molecular weight excluding hydrogens is 294 g/mol. The average Bonchev–Trinajstić information content (AvgIpc) is 2.20. The number of rotatable bonds is 1. The number of halogens is 2. The van der Waals surface area contributed by atoms with Crippen molar-refractivity contribution in [2.75, 3.05) is 0 Å². The number of fused-ring (bicyclic) bond motifs is 1. The lowest BCUT2D eigenvalue weighted by Crippen LogP contribution is -2.10. The number of aryl methyl sites for hydroxylation is 1. The van der Waals surface area contributed by atoms with E-state index in [-0.39, 0.29) is 12.4 Å². The van der Waals surface area contributed by atoms with Crippen molar-refractivity contribution >= 4 is 22.6 Å². The minimum atomic E-state index is -0.228. The number of aliphatic hydroxyl groups excluding tert-OH is 1. The van der Waals surface area contributed by atoms with E-state index in [4.69, 9.17) is 5.11 Å². The summed E-state index contributed by atoms with van der Waals surface area (Å²) in [5.74, 6) is -0.228. The molecule has 0 heterocycles. The first-order valence-electron chi connectivity index (χ1n) is 4.83. The molecule has 1 nitrogen and oxygen atoms in total. The third-order valence-corrected chi connectivity index (χ3v) is 3.59. The van der Waals surface area contributed by atoms with Crippen LogP contribution in [-0.2, 0) is 19.4 Å². The summed E-state index contributed by atoms with van der Waals surface area (Å²) in [4.78, 5) is 0. The second kappa shape index (κ2) is 4.14. The van der Waals surface area contributed by atoms with Crippen LogP contribution >= 0.6 is 22.6 Å². The predicted octanol–water partition coefficient (Wildman–Crippen LogP) is 2.80. The summed E-state index contributed by atoms with van der Waals surface area (Å²) in [5, 5.41) is 9.16. The molecule has 14 heavy (non-hydrogen) atoms. The van der Waals surface area contributed by atoms with Gasteiger partial charge in [-0.1, -0.05) is 0 Å². The minimum Gasteiger partial charge on any atom is -0.392 e. The van der Waals surface area contributed by atoms with Gasteiger partial charge in [0.25, 0.3) is 0 Å². The zero-order valence-corrected chi connectivity index (χ0v) is 9.97. The van der Waals surface area contributed by atoms with Gasteiger partial charge in [-0.25, -0.2) is 4.39 Å². The zero-order chi connectivity index (χ0) is 10.1. The van der Waals surface area contributed by atoms with Crippen LogP contribution < -0.4 is 0 Å². The molecule has 0 fully saturated rings. The van der Waals surface area contributed by atoms with Gasteiger partial charge in [0.15, 0.2) is 0 Å². The van der Waals surface area contributed by atoms with E-state index in [9.17, 15) is 4.39 Å². The molecule has 0 aromatic heterocycles. The quantitative estimate of drug-likeness (QED) is 0.791. The monoisotopic (exact) mass is 306 g/mol. The standard InChI is InChI=1S/C11H12FIO/c12-11-9(6-14)8-4-2-1-3-7(8)5-10(11)13/h5,14H,1-4,6H2. The second-order valence-electron chi connectivity index (χ2n) is 3.65. The number of benzene rings is 1. The molecular formula is C11H12FIO. The molecule has 0 unspecified atom stereocenters. The summed E-state index contributed by atoms with van der Waals surface area (Å²) in [6.07, 6.45) is 4.23. The molecule has 1 N–H and O–H groups in total. The fourth-order valence-electron chi connectivity index (χ4n) is 2.09. The molecule has 1 aromatic rings. The van der Waals surface area contributed by atoms with Gasteiger partial charge in [-0.05, 0) is 65.5 Å². The average molecular weight is 306 g/mol. The van der Waals surface area contributed by atoms with Crippen LogP contribution in [0.25, 0.3) is 0 Å². The maximum atomic E-state index is 13.6. The first kappa shape index (κ1) is 10.4. The molecule has 1 aliphatic rings. The van der Waals surface area contributed by atoms with Crippen LogP contribution in [0.15, 0.2) is 6.07 Å². The summed E-state index contributed by atoms with van der Waals surface area (Å²) < 4.78 is 14.3. The topological polar surface area (TPSA) is 20.2 Å². The van der Waals surface area contributed by atoms with Gasteiger partial charge in [0.1, 0.15) is 5.82 Å². The maximum Gasteiger partial charge on any atom is 0.142 e. The van der Waals surface area contributed by atoms with E-state index in [1.807, 2.05) is 28.7 Å². The maximum absolute atomic E-state index is 13.6. The third-order valence-electron chi connectivity index (χ3n) is 2.81. The molecule has 0 aliphatic heterocycles. The normalized spacial score (nSPS) is 15.4. The van der Waals surface area contributed by atoms with Gasteiger partial charge in [-0.2, -0.15) is 0 Å². The van der Waals surface area contributed by atoms with E-state index in [2.05, 4.69) is 0 Å². The molecule has 0 atom stereocenters. The summed E-state index contributed by atoms with van der Waals surface area (Å²) in [6.45, 7) is -0.176. The Morgan fingerprint density at radius 1 is 1.36 bits per heavy atom. The van der Waals surface area contributed by atoms with Crippen molar-refractivity contribution in [1.82, 2.24) is 0 Å². The van der Waals surface area contributed by atoms with E-state index in [1.165, 1.54) is 12.0 Å². The lowest BCUT2D eigenvalue weighted by atomic mass is 9.88. The van der Waals surface area contributed by atoms with Crippen LogP contribution in [0, 0.1) is 9.39 Å². The van der Waals surface area contributed by atoms with Crippen molar-refractivity contribution in [3.05, 3.63) is 32.1 Å². The molecule has 0 amide bonds. The molecule has 0 spiro atoms. The minimum absolute atomic E-state index is 0.176. The van der Waals surface area contributed by atoms with Gasteiger partial charge in [0, 0.05) is 9.13 Å². The Morgan fingerprint density at radius 3 is 2.79 bits per heavy atom. The largest absolute Gasteiger partial charge is 0.392 e. The molecule has 0 saturated carbocycles. The molecule has 0 saturated heterocycles. The van der Waals surface area contributed by atoms with Gasteiger partial charge in [0.05, 0.1) is 6.61 Å². The highest BCUT2D eigenvalue weighted by atomic mass is 127. The van der Waals surface area contributed by atoms with Crippen molar-refractivity contribution < 1.29 is 9.50 Å². The van der Waals surface area contributed by atoms with Crippen LogP contribution in [0.5, 0.6) is 0 Å². The lowest BCUT2D eigenvalue weighted by molar-refractivity contribution is 0.273. The van der Waals surface area contributed by atoms with Crippen LogP contribution in [0.4, 0.5) is 4.39 Å². The van der Waals surface area contributed by atoms with E-state index in [0.717, 1.165) is 24.8 Å². The molecule has 1 aromatic carbocycles. The second-order valence-corrected chi connectivity index (χ2v) is 4.82. The Balaban J connectivity index is 2.60. The van der Waals surface area contributed by atoms with Gasteiger partial charge in [-0.3, -0.25) is 0 Å². The first-order valence-corrected chi connectivity index (χ1v) is 5.91. The molecule has 1 aliphatic carbocycles. The van der Waals surface area contributed by atoms with Crippen LogP contribution in [0.1, 0.15) is 29.5 Å². The van der Waals surface area contributed by atoms with Crippen LogP contribution in [-0.4, -0.2) is 5.11 Å². The summed E-state index contributed by atoms with van der Waals surface area (Å²) in [6, 6.07) is 1.92. The predicted molar refractivity (Wildman–Crippen MR) is 61.7 cm³/mol.